The number of hydrogen-bond acceptors (Lipinski definition) is 2. The molecule has 120 valence electrons. The minimum absolute atomic E-state index is 0.575. The number of nitrogens with zero attached hydrogens (tertiary/aromatic N) is 1. The van der Waals surface area contributed by atoms with Gasteiger partial charge in [0.25, 0.3) is 0 Å². The van der Waals surface area contributed by atoms with Crippen molar-refractivity contribution >= 4 is 27.8 Å². The Morgan fingerprint density at radius 2 is 1.71 bits per heavy atom. The number of rotatable bonds is 5. The number of hydrogen-bond donors (Lipinski definition) is 0. The average molecular weight is 380 g/mol. The first-order chi connectivity index (χ1) is 11.7. The molecular weight excluding hydrogens is 362 g/mol. The van der Waals surface area contributed by atoms with Crippen LogP contribution in [0.5, 0.6) is 5.75 Å². The highest BCUT2D eigenvalue weighted by Crippen LogP contribution is 2.22. The second-order valence-corrected chi connectivity index (χ2v) is 6.39. The van der Waals surface area contributed by atoms with Crippen LogP contribution in [0.2, 0.25) is 0 Å². The SMILES string of the molecule is Cc1ccc(N=Cc2ccc(OCc3ccccc3)cc2)cc1Br. The van der Waals surface area contributed by atoms with E-state index in [0.717, 1.165) is 27.0 Å². The fraction of sp³-hybridized carbons (Fsp3) is 0.0952. The highest BCUT2D eigenvalue weighted by atomic mass is 79.9. The van der Waals surface area contributed by atoms with Crippen molar-refractivity contribution in [3.63, 3.8) is 0 Å². The Hall–Kier alpha value is -2.39. The third kappa shape index (κ3) is 4.56. The molecule has 3 heteroatoms. The molecule has 0 atom stereocenters. The van der Waals surface area contributed by atoms with Gasteiger partial charge >= 0.3 is 0 Å². The summed E-state index contributed by atoms with van der Waals surface area (Å²) in [6.45, 7) is 2.64. The molecule has 0 amide bonds. The van der Waals surface area contributed by atoms with Gasteiger partial charge in [-0.3, -0.25) is 4.99 Å². The molecule has 0 N–H and O–H groups in total. The van der Waals surface area contributed by atoms with Gasteiger partial charge in [-0.2, -0.15) is 0 Å². The van der Waals surface area contributed by atoms with Gasteiger partial charge in [-0.25, -0.2) is 0 Å². The molecule has 0 unspecified atom stereocenters. The summed E-state index contributed by atoms with van der Waals surface area (Å²) in [7, 11) is 0. The molecule has 0 spiro atoms. The van der Waals surface area contributed by atoms with Crippen LogP contribution in [0, 0.1) is 6.92 Å². The van der Waals surface area contributed by atoms with E-state index in [0.29, 0.717) is 6.61 Å². The lowest BCUT2D eigenvalue weighted by Crippen LogP contribution is -1.94. The van der Waals surface area contributed by atoms with Gasteiger partial charge < -0.3 is 4.74 Å². The molecule has 0 aliphatic heterocycles. The quantitative estimate of drug-likeness (QED) is 0.491. The van der Waals surface area contributed by atoms with Gasteiger partial charge in [0.2, 0.25) is 0 Å². The zero-order chi connectivity index (χ0) is 16.8. The van der Waals surface area contributed by atoms with Crippen LogP contribution in [0.4, 0.5) is 5.69 Å². The molecule has 0 fully saturated rings. The third-order valence-corrected chi connectivity index (χ3v) is 4.50. The van der Waals surface area contributed by atoms with Crippen LogP contribution in [0.1, 0.15) is 16.7 Å². The van der Waals surface area contributed by atoms with Gasteiger partial charge in [0.05, 0.1) is 5.69 Å². The molecule has 0 bridgehead atoms. The number of aryl methyl sites for hydroxylation is 1. The lowest BCUT2D eigenvalue weighted by molar-refractivity contribution is 0.306. The van der Waals surface area contributed by atoms with Crippen LogP contribution in [-0.4, -0.2) is 6.21 Å². The van der Waals surface area contributed by atoms with E-state index in [1.807, 2.05) is 60.8 Å². The number of halogens is 1. The fourth-order valence-corrected chi connectivity index (χ4v) is 2.57. The Morgan fingerprint density at radius 1 is 0.958 bits per heavy atom. The Bertz CT molecular complexity index is 826. The standard InChI is InChI=1S/C21H18BrNO/c1-16-7-10-19(13-21(16)22)23-14-17-8-11-20(12-9-17)24-15-18-5-3-2-4-6-18/h2-14H,15H2,1H3. The van der Waals surface area contributed by atoms with Gasteiger partial charge in [0.15, 0.2) is 0 Å². The molecule has 0 saturated heterocycles. The smallest absolute Gasteiger partial charge is 0.119 e. The summed E-state index contributed by atoms with van der Waals surface area (Å²) >= 11 is 3.53. The van der Waals surface area contributed by atoms with E-state index in [1.165, 1.54) is 5.56 Å². The highest BCUT2D eigenvalue weighted by Gasteiger charge is 1.97. The molecule has 3 rings (SSSR count). The first kappa shape index (κ1) is 16.5. The van der Waals surface area contributed by atoms with Gasteiger partial charge in [-0.05, 0) is 60.0 Å². The van der Waals surface area contributed by atoms with Crippen LogP contribution in [0.25, 0.3) is 0 Å². The lowest BCUT2D eigenvalue weighted by Gasteiger charge is -2.06. The van der Waals surface area contributed by atoms with Crippen LogP contribution < -0.4 is 4.74 Å². The Morgan fingerprint density at radius 3 is 2.42 bits per heavy atom. The summed E-state index contributed by atoms with van der Waals surface area (Å²) in [4.78, 5) is 4.51. The molecule has 3 aromatic rings. The van der Waals surface area contributed by atoms with Gasteiger partial charge in [-0.15, -0.1) is 0 Å². The lowest BCUT2D eigenvalue weighted by atomic mass is 10.2. The van der Waals surface area contributed by atoms with E-state index in [-0.39, 0.29) is 0 Å². The van der Waals surface area contributed by atoms with E-state index in [1.54, 1.807) is 0 Å². The van der Waals surface area contributed by atoms with Crippen molar-refractivity contribution in [2.24, 2.45) is 4.99 Å². The summed E-state index contributed by atoms with van der Waals surface area (Å²) in [5, 5.41) is 0. The van der Waals surface area contributed by atoms with E-state index in [4.69, 9.17) is 4.74 Å². The van der Waals surface area contributed by atoms with Crippen molar-refractivity contribution in [3.05, 3.63) is 94.0 Å². The first-order valence-electron chi connectivity index (χ1n) is 7.78. The maximum atomic E-state index is 5.79. The maximum absolute atomic E-state index is 5.79. The predicted molar refractivity (Wildman–Crippen MR) is 103 cm³/mol. The van der Waals surface area contributed by atoms with Crippen molar-refractivity contribution in [1.82, 2.24) is 0 Å². The Kier molecular flexibility index (Phi) is 5.44. The van der Waals surface area contributed by atoms with E-state index < -0.39 is 0 Å². The largest absolute Gasteiger partial charge is 0.489 e. The molecule has 0 radical (unpaired) electrons. The van der Waals surface area contributed by atoms with Gasteiger partial charge in [-0.1, -0.05) is 52.3 Å². The minimum atomic E-state index is 0.575. The molecule has 0 saturated carbocycles. The summed E-state index contributed by atoms with van der Waals surface area (Å²) < 4.78 is 6.86. The van der Waals surface area contributed by atoms with Crippen molar-refractivity contribution in [2.45, 2.75) is 13.5 Å². The molecular formula is C21H18BrNO. The van der Waals surface area contributed by atoms with Gasteiger partial charge in [0, 0.05) is 10.7 Å². The molecule has 0 aliphatic carbocycles. The molecule has 0 heterocycles. The van der Waals surface area contributed by atoms with E-state index in [9.17, 15) is 0 Å². The van der Waals surface area contributed by atoms with Gasteiger partial charge in [0.1, 0.15) is 12.4 Å². The minimum Gasteiger partial charge on any atom is -0.489 e. The predicted octanol–water partition coefficient (Wildman–Crippen LogP) is 6.09. The van der Waals surface area contributed by atoms with Crippen LogP contribution in [0.3, 0.4) is 0 Å². The maximum Gasteiger partial charge on any atom is 0.119 e. The molecule has 0 aliphatic rings. The fourth-order valence-electron chi connectivity index (χ4n) is 2.20. The zero-order valence-corrected chi connectivity index (χ0v) is 15.0. The van der Waals surface area contributed by atoms with Crippen LogP contribution in [0.15, 0.2) is 82.3 Å². The third-order valence-electron chi connectivity index (χ3n) is 3.65. The van der Waals surface area contributed by atoms with Crippen LogP contribution >= 0.6 is 15.9 Å². The second-order valence-electron chi connectivity index (χ2n) is 5.53. The molecule has 24 heavy (non-hydrogen) atoms. The monoisotopic (exact) mass is 379 g/mol. The summed E-state index contributed by atoms with van der Waals surface area (Å²) in [6, 6.07) is 24.2. The van der Waals surface area contributed by atoms with E-state index in [2.05, 4.69) is 46.0 Å². The normalized spacial score (nSPS) is 10.9. The summed E-state index contributed by atoms with van der Waals surface area (Å²) in [5.74, 6) is 0.856. The first-order valence-corrected chi connectivity index (χ1v) is 8.57. The van der Waals surface area contributed by atoms with Crippen molar-refractivity contribution in [2.75, 3.05) is 0 Å². The molecule has 3 aromatic carbocycles. The molecule has 0 aromatic heterocycles. The van der Waals surface area contributed by atoms with Crippen LogP contribution in [-0.2, 0) is 6.61 Å². The Balaban J connectivity index is 1.61. The number of ether oxygens (including phenoxy) is 1. The summed E-state index contributed by atoms with van der Waals surface area (Å²) in [6.07, 6.45) is 1.86. The highest BCUT2D eigenvalue weighted by molar-refractivity contribution is 9.10. The van der Waals surface area contributed by atoms with Crippen molar-refractivity contribution in [3.8, 4) is 5.75 Å². The average Bonchev–Trinajstić information content (AvgIpc) is 2.63. The van der Waals surface area contributed by atoms with Crippen molar-refractivity contribution in [1.29, 1.82) is 0 Å². The zero-order valence-electron chi connectivity index (χ0n) is 13.4. The molecule has 2 nitrogen and oxygen atoms in total. The van der Waals surface area contributed by atoms with Crippen molar-refractivity contribution < 1.29 is 4.74 Å². The number of benzene rings is 3. The summed E-state index contributed by atoms with van der Waals surface area (Å²) in [5.41, 5.74) is 4.33. The van der Waals surface area contributed by atoms with E-state index >= 15 is 0 Å². The Labute approximate surface area is 151 Å². The topological polar surface area (TPSA) is 21.6 Å². The second kappa shape index (κ2) is 7.93. The number of aliphatic imine (C=N–C) groups is 1.